The average Bonchev–Trinajstić information content (AvgIpc) is 3.16. The summed E-state index contributed by atoms with van der Waals surface area (Å²) >= 11 is 3.34. The molecule has 0 spiro atoms. The van der Waals surface area contributed by atoms with Gasteiger partial charge in [0.2, 0.25) is 5.89 Å². The van der Waals surface area contributed by atoms with Gasteiger partial charge in [-0.3, -0.25) is 4.79 Å². The number of nitrogens with one attached hydrogen (secondary N) is 1. The lowest BCUT2D eigenvalue weighted by Gasteiger charge is -2.02. The standard InChI is InChI=1S/C15H16BrN3O2/c16-12-7-5-10(6-8-12)14(20)17-9-13-18-15(21-19-13)11-3-1-2-4-11/h5-8,11H,1-4,9H2,(H,17,20). The van der Waals surface area contributed by atoms with E-state index < -0.39 is 0 Å². The molecule has 1 heterocycles. The Morgan fingerprint density at radius 2 is 2.00 bits per heavy atom. The van der Waals surface area contributed by atoms with E-state index in [9.17, 15) is 4.79 Å². The molecule has 0 bridgehead atoms. The van der Waals surface area contributed by atoms with Crippen LogP contribution < -0.4 is 5.32 Å². The van der Waals surface area contributed by atoms with Crippen LogP contribution in [-0.2, 0) is 6.54 Å². The van der Waals surface area contributed by atoms with Crippen LogP contribution in [0, 0.1) is 0 Å². The molecule has 1 fully saturated rings. The van der Waals surface area contributed by atoms with E-state index >= 15 is 0 Å². The van der Waals surface area contributed by atoms with Gasteiger partial charge in [0.25, 0.3) is 5.91 Å². The van der Waals surface area contributed by atoms with Crippen LogP contribution in [-0.4, -0.2) is 16.0 Å². The Hall–Kier alpha value is -1.69. The molecular weight excluding hydrogens is 334 g/mol. The van der Waals surface area contributed by atoms with Crippen LogP contribution in [0.5, 0.6) is 0 Å². The van der Waals surface area contributed by atoms with E-state index in [2.05, 4.69) is 31.4 Å². The van der Waals surface area contributed by atoms with Crippen molar-refractivity contribution in [2.45, 2.75) is 38.1 Å². The molecule has 0 atom stereocenters. The molecule has 2 aromatic rings. The van der Waals surface area contributed by atoms with Gasteiger partial charge in [0.05, 0.1) is 6.54 Å². The lowest BCUT2D eigenvalue weighted by Crippen LogP contribution is -2.23. The second-order valence-electron chi connectivity index (χ2n) is 5.22. The summed E-state index contributed by atoms with van der Waals surface area (Å²) in [6, 6.07) is 7.20. The fourth-order valence-corrected chi connectivity index (χ4v) is 2.80. The van der Waals surface area contributed by atoms with Gasteiger partial charge in [-0.05, 0) is 37.1 Å². The molecule has 5 nitrogen and oxygen atoms in total. The molecule has 1 amide bonds. The number of halogens is 1. The largest absolute Gasteiger partial charge is 0.345 e. The molecular formula is C15H16BrN3O2. The Balaban J connectivity index is 1.57. The highest BCUT2D eigenvalue weighted by molar-refractivity contribution is 9.10. The van der Waals surface area contributed by atoms with Crippen molar-refractivity contribution < 1.29 is 9.32 Å². The van der Waals surface area contributed by atoms with Crippen molar-refractivity contribution >= 4 is 21.8 Å². The van der Waals surface area contributed by atoms with E-state index in [1.165, 1.54) is 12.8 Å². The van der Waals surface area contributed by atoms with Gasteiger partial charge < -0.3 is 9.84 Å². The molecule has 1 aliphatic carbocycles. The van der Waals surface area contributed by atoms with Crippen molar-refractivity contribution in [3.8, 4) is 0 Å². The molecule has 1 aliphatic rings. The molecule has 1 aromatic carbocycles. The SMILES string of the molecule is O=C(NCc1noc(C2CCCC2)n1)c1ccc(Br)cc1. The summed E-state index contributed by atoms with van der Waals surface area (Å²) in [4.78, 5) is 16.4. The van der Waals surface area contributed by atoms with E-state index in [0.29, 0.717) is 23.2 Å². The molecule has 1 N–H and O–H groups in total. The zero-order chi connectivity index (χ0) is 14.7. The van der Waals surface area contributed by atoms with Crippen LogP contribution in [0.4, 0.5) is 0 Å². The number of aromatic nitrogens is 2. The lowest BCUT2D eigenvalue weighted by atomic mass is 10.1. The highest BCUT2D eigenvalue weighted by Crippen LogP contribution is 2.32. The number of hydrogen-bond donors (Lipinski definition) is 1. The van der Waals surface area contributed by atoms with Crippen molar-refractivity contribution in [2.75, 3.05) is 0 Å². The number of nitrogens with zero attached hydrogens (tertiary/aromatic N) is 2. The van der Waals surface area contributed by atoms with E-state index in [1.54, 1.807) is 12.1 Å². The van der Waals surface area contributed by atoms with Gasteiger partial charge in [-0.15, -0.1) is 0 Å². The molecule has 0 saturated heterocycles. The van der Waals surface area contributed by atoms with Crippen molar-refractivity contribution in [1.82, 2.24) is 15.5 Å². The number of hydrogen-bond acceptors (Lipinski definition) is 4. The first-order chi connectivity index (χ1) is 10.2. The maximum Gasteiger partial charge on any atom is 0.251 e. The van der Waals surface area contributed by atoms with Crippen LogP contribution in [0.25, 0.3) is 0 Å². The molecule has 21 heavy (non-hydrogen) atoms. The van der Waals surface area contributed by atoms with Gasteiger partial charge in [0.15, 0.2) is 5.82 Å². The van der Waals surface area contributed by atoms with Gasteiger partial charge in [0.1, 0.15) is 0 Å². The first-order valence-electron chi connectivity index (χ1n) is 7.08. The third-order valence-corrected chi connectivity index (χ3v) is 4.23. The Morgan fingerprint density at radius 1 is 1.29 bits per heavy atom. The highest BCUT2D eigenvalue weighted by atomic mass is 79.9. The highest BCUT2D eigenvalue weighted by Gasteiger charge is 2.22. The lowest BCUT2D eigenvalue weighted by molar-refractivity contribution is 0.0949. The third kappa shape index (κ3) is 3.50. The number of carbonyl (C=O) groups is 1. The number of rotatable bonds is 4. The van der Waals surface area contributed by atoms with Gasteiger partial charge in [-0.1, -0.05) is 33.9 Å². The number of amides is 1. The number of carbonyl (C=O) groups excluding carboxylic acids is 1. The smallest absolute Gasteiger partial charge is 0.251 e. The van der Waals surface area contributed by atoms with Gasteiger partial charge in [-0.2, -0.15) is 4.98 Å². The quantitative estimate of drug-likeness (QED) is 0.918. The van der Waals surface area contributed by atoms with Gasteiger partial charge in [-0.25, -0.2) is 0 Å². The Labute approximate surface area is 131 Å². The molecule has 0 aliphatic heterocycles. The molecule has 0 unspecified atom stereocenters. The minimum Gasteiger partial charge on any atom is -0.345 e. The van der Waals surface area contributed by atoms with Crippen LogP contribution in [0.1, 0.15) is 53.7 Å². The monoisotopic (exact) mass is 349 g/mol. The summed E-state index contributed by atoms with van der Waals surface area (Å²) in [6.45, 7) is 0.283. The maximum absolute atomic E-state index is 12.0. The number of benzene rings is 1. The second kappa shape index (κ2) is 6.39. The zero-order valence-electron chi connectivity index (χ0n) is 11.5. The summed E-state index contributed by atoms with van der Waals surface area (Å²) in [5, 5.41) is 6.73. The van der Waals surface area contributed by atoms with E-state index in [-0.39, 0.29) is 12.5 Å². The first-order valence-corrected chi connectivity index (χ1v) is 7.88. The third-order valence-electron chi connectivity index (χ3n) is 3.70. The fourth-order valence-electron chi connectivity index (χ4n) is 2.54. The van der Waals surface area contributed by atoms with Crippen molar-refractivity contribution in [3.05, 3.63) is 46.0 Å². The molecule has 0 radical (unpaired) electrons. The van der Waals surface area contributed by atoms with Gasteiger partial charge in [0, 0.05) is 16.0 Å². The van der Waals surface area contributed by atoms with E-state index in [0.717, 1.165) is 17.3 Å². The molecule has 3 rings (SSSR count). The van der Waals surface area contributed by atoms with Crippen LogP contribution in [0.2, 0.25) is 0 Å². The predicted molar refractivity (Wildman–Crippen MR) is 80.8 cm³/mol. The maximum atomic E-state index is 12.0. The average molecular weight is 350 g/mol. The summed E-state index contributed by atoms with van der Waals surface area (Å²) in [7, 11) is 0. The van der Waals surface area contributed by atoms with Crippen LogP contribution in [0.3, 0.4) is 0 Å². The Kier molecular flexibility index (Phi) is 4.34. The molecule has 1 saturated carbocycles. The molecule has 1 aromatic heterocycles. The Bertz CT molecular complexity index is 618. The summed E-state index contributed by atoms with van der Waals surface area (Å²) in [6.07, 6.45) is 4.69. The van der Waals surface area contributed by atoms with Crippen LogP contribution in [0.15, 0.2) is 33.3 Å². The Morgan fingerprint density at radius 3 is 2.71 bits per heavy atom. The zero-order valence-corrected chi connectivity index (χ0v) is 13.1. The van der Waals surface area contributed by atoms with E-state index in [1.807, 2.05) is 12.1 Å². The minimum atomic E-state index is -0.144. The minimum absolute atomic E-state index is 0.144. The summed E-state index contributed by atoms with van der Waals surface area (Å²) in [5.74, 6) is 1.49. The summed E-state index contributed by atoms with van der Waals surface area (Å²) in [5.41, 5.74) is 0.609. The van der Waals surface area contributed by atoms with Crippen molar-refractivity contribution in [3.63, 3.8) is 0 Å². The molecule has 110 valence electrons. The second-order valence-corrected chi connectivity index (χ2v) is 6.14. The van der Waals surface area contributed by atoms with Crippen molar-refractivity contribution in [1.29, 1.82) is 0 Å². The van der Waals surface area contributed by atoms with Crippen LogP contribution >= 0.6 is 15.9 Å². The first kappa shape index (κ1) is 14.3. The normalized spacial score (nSPS) is 15.3. The predicted octanol–water partition coefficient (Wildman–Crippen LogP) is 3.42. The van der Waals surface area contributed by atoms with Crippen molar-refractivity contribution in [2.24, 2.45) is 0 Å². The van der Waals surface area contributed by atoms with E-state index in [4.69, 9.17) is 4.52 Å². The van der Waals surface area contributed by atoms with Gasteiger partial charge >= 0.3 is 0 Å². The molecule has 6 heteroatoms. The topological polar surface area (TPSA) is 68.0 Å². The fraction of sp³-hybridized carbons (Fsp3) is 0.400. The summed E-state index contributed by atoms with van der Waals surface area (Å²) < 4.78 is 6.23.